The molecule has 9 heteroatoms. The van der Waals surface area contributed by atoms with Gasteiger partial charge in [-0.3, -0.25) is 4.79 Å². The van der Waals surface area contributed by atoms with Crippen LogP contribution in [0.3, 0.4) is 0 Å². The monoisotopic (exact) mass is 438 g/mol. The summed E-state index contributed by atoms with van der Waals surface area (Å²) in [6.07, 6.45) is 0. The second-order valence-corrected chi connectivity index (χ2v) is 9.64. The van der Waals surface area contributed by atoms with E-state index in [0.717, 1.165) is 18.2 Å². The summed E-state index contributed by atoms with van der Waals surface area (Å²) in [4.78, 5) is 12.4. The molecule has 1 aliphatic heterocycles. The Labute approximate surface area is 174 Å². The fourth-order valence-corrected chi connectivity index (χ4v) is 4.71. The molecule has 0 bridgehead atoms. The van der Waals surface area contributed by atoms with Crippen molar-refractivity contribution in [3.8, 4) is 0 Å². The fraction of sp³-hybridized carbons (Fsp3) is 0.381. The number of ether oxygens (including phenoxy) is 1. The van der Waals surface area contributed by atoms with E-state index in [2.05, 4.69) is 5.32 Å². The Kier molecular flexibility index (Phi) is 6.54. The lowest BCUT2D eigenvalue weighted by atomic mass is 9.84. The number of benzene rings is 2. The molecule has 162 valence electrons. The van der Waals surface area contributed by atoms with Gasteiger partial charge < -0.3 is 10.1 Å². The van der Waals surface area contributed by atoms with Gasteiger partial charge in [0.25, 0.3) is 5.91 Å². The highest BCUT2D eigenvalue weighted by Crippen LogP contribution is 2.25. The lowest BCUT2D eigenvalue weighted by Crippen LogP contribution is -2.41. The van der Waals surface area contributed by atoms with Gasteiger partial charge in [-0.2, -0.15) is 4.31 Å². The van der Waals surface area contributed by atoms with Crippen LogP contribution in [-0.4, -0.2) is 51.5 Å². The molecule has 1 amide bonds. The molecule has 1 fully saturated rings. The first-order valence-corrected chi connectivity index (χ1v) is 11.0. The highest BCUT2D eigenvalue weighted by atomic mass is 32.2. The number of carbonyl (C=O) groups is 1. The van der Waals surface area contributed by atoms with Crippen molar-refractivity contribution in [1.29, 1.82) is 0 Å². The number of sulfonamides is 1. The minimum atomic E-state index is -3.87. The molecule has 0 atom stereocenters. The van der Waals surface area contributed by atoms with E-state index in [-0.39, 0.29) is 43.3 Å². The summed E-state index contributed by atoms with van der Waals surface area (Å²) in [6.45, 7) is 4.48. The predicted molar refractivity (Wildman–Crippen MR) is 108 cm³/mol. The van der Waals surface area contributed by atoms with Crippen molar-refractivity contribution in [2.45, 2.75) is 24.2 Å². The van der Waals surface area contributed by atoms with E-state index >= 15 is 0 Å². The molecule has 1 N–H and O–H groups in total. The van der Waals surface area contributed by atoms with Gasteiger partial charge in [-0.1, -0.05) is 32.0 Å². The SMILES string of the molecule is CC(C)(CNC(=O)c1cc(S(=O)(=O)N2CCOCC2)ccc1F)c1ccccc1F. The minimum absolute atomic E-state index is 0.0344. The maximum atomic E-state index is 14.3. The van der Waals surface area contributed by atoms with Crippen LogP contribution in [0, 0.1) is 11.6 Å². The molecule has 2 aromatic carbocycles. The van der Waals surface area contributed by atoms with E-state index in [0.29, 0.717) is 5.56 Å². The number of nitrogens with one attached hydrogen (secondary N) is 1. The van der Waals surface area contributed by atoms with Gasteiger partial charge in [-0.25, -0.2) is 17.2 Å². The Hall–Kier alpha value is -2.36. The molecule has 0 unspecified atom stereocenters. The van der Waals surface area contributed by atoms with Gasteiger partial charge in [-0.05, 0) is 29.8 Å². The molecule has 0 aliphatic carbocycles. The zero-order valence-electron chi connectivity index (χ0n) is 16.8. The quantitative estimate of drug-likeness (QED) is 0.753. The largest absolute Gasteiger partial charge is 0.379 e. The maximum absolute atomic E-state index is 14.3. The van der Waals surface area contributed by atoms with Crippen LogP contribution in [0.4, 0.5) is 8.78 Å². The molecule has 1 heterocycles. The summed E-state index contributed by atoms with van der Waals surface area (Å²) >= 11 is 0. The number of hydrogen-bond donors (Lipinski definition) is 1. The minimum Gasteiger partial charge on any atom is -0.379 e. The molecule has 1 aliphatic rings. The summed E-state index contributed by atoms with van der Waals surface area (Å²) in [5.74, 6) is -2.01. The van der Waals surface area contributed by atoms with Crippen LogP contribution < -0.4 is 5.32 Å². The number of amides is 1. The first-order valence-electron chi connectivity index (χ1n) is 9.53. The van der Waals surface area contributed by atoms with Crippen LogP contribution in [-0.2, 0) is 20.2 Å². The van der Waals surface area contributed by atoms with Crippen molar-refractivity contribution in [2.24, 2.45) is 0 Å². The third-order valence-electron chi connectivity index (χ3n) is 5.08. The van der Waals surface area contributed by atoms with Crippen LogP contribution in [0.5, 0.6) is 0 Å². The Morgan fingerprint density at radius 2 is 1.77 bits per heavy atom. The molecule has 0 spiro atoms. The van der Waals surface area contributed by atoms with Gasteiger partial charge in [0.1, 0.15) is 11.6 Å². The molecular formula is C21H24F2N2O4S. The topological polar surface area (TPSA) is 75.7 Å². The molecule has 1 saturated heterocycles. The van der Waals surface area contributed by atoms with E-state index in [1.807, 2.05) is 0 Å². The van der Waals surface area contributed by atoms with Crippen LogP contribution in [0.1, 0.15) is 29.8 Å². The third-order valence-corrected chi connectivity index (χ3v) is 6.98. The maximum Gasteiger partial charge on any atom is 0.254 e. The third kappa shape index (κ3) is 4.69. The molecule has 0 radical (unpaired) electrons. The highest BCUT2D eigenvalue weighted by molar-refractivity contribution is 7.89. The van der Waals surface area contributed by atoms with Crippen LogP contribution in [0.25, 0.3) is 0 Å². The molecule has 0 saturated carbocycles. The molecule has 2 aromatic rings. The van der Waals surface area contributed by atoms with Crippen molar-refractivity contribution in [1.82, 2.24) is 9.62 Å². The number of nitrogens with zero attached hydrogens (tertiary/aromatic N) is 1. The number of hydrogen-bond acceptors (Lipinski definition) is 4. The lowest BCUT2D eigenvalue weighted by molar-refractivity contribution is 0.0730. The van der Waals surface area contributed by atoms with Crippen LogP contribution in [0.15, 0.2) is 47.4 Å². The Morgan fingerprint density at radius 3 is 2.43 bits per heavy atom. The second kappa shape index (κ2) is 8.79. The Bertz CT molecular complexity index is 1040. The van der Waals surface area contributed by atoms with Gasteiger partial charge in [-0.15, -0.1) is 0 Å². The second-order valence-electron chi connectivity index (χ2n) is 7.70. The molecule has 30 heavy (non-hydrogen) atoms. The van der Waals surface area contributed by atoms with Crippen molar-refractivity contribution < 1.29 is 26.7 Å². The normalized spacial score (nSPS) is 15.7. The zero-order valence-corrected chi connectivity index (χ0v) is 17.6. The van der Waals surface area contributed by atoms with Crippen LogP contribution in [0.2, 0.25) is 0 Å². The summed E-state index contributed by atoms with van der Waals surface area (Å²) in [5.41, 5.74) is -0.724. The van der Waals surface area contributed by atoms with Crippen molar-refractivity contribution in [3.63, 3.8) is 0 Å². The number of morpholine rings is 1. The van der Waals surface area contributed by atoms with E-state index in [9.17, 15) is 22.0 Å². The lowest BCUT2D eigenvalue weighted by Gasteiger charge is -2.27. The number of halogens is 2. The zero-order chi connectivity index (χ0) is 21.9. The van der Waals surface area contributed by atoms with Gasteiger partial charge >= 0.3 is 0 Å². The van der Waals surface area contributed by atoms with Gasteiger partial charge in [0, 0.05) is 25.0 Å². The first kappa shape index (κ1) is 22.3. The predicted octanol–water partition coefficient (Wildman–Crippen LogP) is 2.69. The van der Waals surface area contributed by atoms with E-state index < -0.39 is 33.0 Å². The van der Waals surface area contributed by atoms with E-state index in [1.165, 1.54) is 10.4 Å². The summed E-state index contributed by atoms with van der Waals surface area (Å²) in [6, 6.07) is 9.36. The summed E-state index contributed by atoms with van der Waals surface area (Å²) in [7, 11) is -3.87. The van der Waals surface area contributed by atoms with E-state index in [1.54, 1.807) is 32.0 Å². The van der Waals surface area contributed by atoms with Gasteiger partial charge in [0.05, 0.1) is 23.7 Å². The number of rotatable bonds is 6. The summed E-state index contributed by atoms with van der Waals surface area (Å²) < 4.78 is 60.4. The van der Waals surface area contributed by atoms with Crippen molar-refractivity contribution in [2.75, 3.05) is 32.8 Å². The van der Waals surface area contributed by atoms with Gasteiger partial charge in [0.15, 0.2) is 0 Å². The first-order chi connectivity index (χ1) is 14.1. The smallest absolute Gasteiger partial charge is 0.254 e. The average molecular weight is 438 g/mol. The standard InChI is InChI=1S/C21H24F2N2O4S/c1-21(2,17-5-3-4-6-19(17)23)14-24-20(26)16-13-15(7-8-18(16)22)30(27,28)25-9-11-29-12-10-25/h3-8,13H,9-12,14H2,1-2H3,(H,24,26). The molecule has 3 rings (SSSR count). The average Bonchev–Trinajstić information content (AvgIpc) is 2.73. The van der Waals surface area contributed by atoms with Crippen molar-refractivity contribution in [3.05, 3.63) is 65.2 Å². The Morgan fingerprint density at radius 1 is 1.10 bits per heavy atom. The summed E-state index contributed by atoms with van der Waals surface area (Å²) in [5, 5.41) is 2.59. The van der Waals surface area contributed by atoms with Gasteiger partial charge in [0.2, 0.25) is 10.0 Å². The number of carbonyl (C=O) groups excluding carboxylic acids is 1. The molecule has 0 aromatic heterocycles. The molecule has 6 nitrogen and oxygen atoms in total. The Balaban J connectivity index is 1.79. The van der Waals surface area contributed by atoms with E-state index in [4.69, 9.17) is 4.74 Å². The van der Waals surface area contributed by atoms with Crippen LogP contribution >= 0.6 is 0 Å². The fourth-order valence-electron chi connectivity index (χ4n) is 3.28. The van der Waals surface area contributed by atoms with Crippen molar-refractivity contribution >= 4 is 15.9 Å². The molecular weight excluding hydrogens is 414 g/mol. The highest BCUT2D eigenvalue weighted by Gasteiger charge is 2.29.